The summed E-state index contributed by atoms with van der Waals surface area (Å²) in [6.45, 7) is 2.28. The van der Waals surface area contributed by atoms with Crippen LogP contribution >= 0.6 is 0 Å². The van der Waals surface area contributed by atoms with Gasteiger partial charge in [-0.2, -0.15) is 0 Å². The van der Waals surface area contributed by atoms with Crippen LogP contribution in [0.4, 0.5) is 0 Å². The summed E-state index contributed by atoms with van der Waals surface area (Å²) in [7, 11) is 0. The molecule has 1 heteroatoms. The lowest BCUT2D eigenvalue weighted by Gasteiger charge is -2.05. The summed E-state index contributed by atoms with van der Waals surface area (Å²) in [5.41, 5.74) is 0. The fourth-order valence-corrected chi connectivity index (χ4v) is 7.80. The van der Waals surface area contributed by atoms with Crippen LogP contribution in [0.2, 0.25) is 0 Å². The zero-order valence-corrected chi connectivity index (χ0v) is 12.4. The molecule has 0 bridgehead atoms. The van der Waals surface area contributed by atoms with Crippen molar-refractivity contribution < 1.29 is 19.8 Å². The molecule has 0 saturated heterocycles. The predicted octanol–water partition coefficient (Wildman–Crippen LogP) is 1.15. The number of benzene rings is 2. The second kappa shape index (κ2) is 6.80. The molecule has 0 aliphatic heterocycles. The number of alkyl halides is 1. The molecule has 1 radical (unpaired) electrons. The summed E-state index contributed by atoms with van der Waals surface area (Å²) in [6.07, 6.45) is 2.66. The highest BCUT2D eigenvalue weighted by Crippen LogP contribution is 1.88. The number of hydrogen-bond acceptors (Lipinski definition) is 0. The van der Waals surface area contributed by atoms with Crippen LogP contribution in [0.25, 0.3) is 0 Å². The van der Waals surface area contributed by atoms with Gasteiger partial charge in [0, 0.05) is 0 Å². The minimum absolute atomic E-state index is 1.16. The van der Waals surface area contributed by atoms with Crippen LogP contribution < -0.4 is 19.8 Å². The Hall–Kier alpha value is -0.830. The smallest absolute Gasteiger partial charge is 0.0652 e. The average molecular weight is 338 g/mol. The van der Waals surface area contributed by atoms with Crippen LogP contribution in [0.3, 0.4) is 0 Å². The molecular weight excluding hydrogens is 319 g/mol. The Morgan fingerprint density at radius 1 is 0.765 bits per heavy atom. The van der Waals surface area contributed by atoms with Gasteiger partial charge in [-0.1, -0.05) is 49.7 Å². The first-order chi connectivity index (χ1) is 8.42. The summed E-state index contributed by atoms with van der Waals surface area (Å²) in [5.74, 6) is 0. The van der Waals surface area contributed by atoms with E-state index in [4.69, 9.17) is 0 Å². The minimum Gasteiger partial charge on any atom is -0.0652 e. The highest BCUT2D eigenvalue weighted by Gasteiger charge is 2.25. The fourth-order valence-electron chi connectivity index (χ4n) is 1.74. The second-order valence-electron chi connectivity index (χ2n) is 4.00. The molecule has 0 spiro atoms. The molecule has 0 unspecified atom stereocenters. The molecule has 0 fully saturated rings. The van der Waals surface area contributed by atoms with Crippen molar-refractivity contribution in [2.45, 2.75) is 19.8 Å². The lowest BCUT2D eigenvalue weighted by Crippen LogP contribution is -3.86. The van der Waals surface area contributed by atoms with Crippen LogP contribution in [0.1, 0.15) is 19.8 Å². The molecule has 17 heavy (non-hydrogen) atoms. The third kappa shape index (κ3) is 3.56. The fraction of sp³-hybridized carbons (Fsp3) is 0.250. The number of halogens is 1. The number of rotatable bonds is 5. The van der Waals surface area contributed by atoms with E-state index in [1.165, 1.54) is 17.3 Å². The summed E-state index contributed by atoms with van der Waals surface area (Å²) >= 11 is -1.16. The third-order valence-corrected chi connectivity index (χ3v) is 8.96. The van der Waals surface area contributed by atoms with Gasteiger partial charge < -0.3 is 0 Å². The first-order valence-corrected chi connectivity index (χ1v) is 9.86. The van der Waals surface area contributed by atoms with Crippen molar-refractivity contribution in [3.63, 3.8) is 0 Å². The molecule has 2 aromatic carbocycles. The van der Waals surface area contributed by atoms with Crippen LogP contribution in [0.15, 0.2) is 60.7 Å². The van der Waals surface area contributed by atoms with Crippen LogP contribution in [-0.2, 0) is 0 Å². The van der Waals surface area contributed by atoms with Crippen LogP contribution in [0, 0.1) is 7.14 Å². The Labute approximate surface area is 111 Å². The molecule has 0 nitrogen and oxygen atoms in total. The Morgan fingerprint density at radius 2 is 1.24 bits per heavy atom. The summed E-state index contributed by atoms with van der Waals surface area (Å²) < 4.78 is 4.58. The Bertz CT molecular complexity index is 382. The van der Waals surface area contributed by atoms with Gasteiger partial charge in [-0.3, -0.25) is 0 Å². The van der Waals surface area contributed by atoms with Gasteiger partial charge in [-0.15, -0.1) is 0 Å². The standard InChI is InChI=1S/C16H19I/c1-2-3-14-17(15-10-6-4-7-11-15)16-12-8-5-9-13-16/h4-13H,2-3,14H2,1H3/q+1. The maximum Gasteiger partial charge on any atom is 0.151 e. The topological polar surface area (TPSA) is 0 Å². The van der Waals surface area contributed by atoms with Crippen molar-refractivity contribution in [3.8, 4) is 0 Å². The largest absolute Gasteiger partial charge is 0.151 e. The molecule has 0 aliphatic carbocycles. The zero-order valence-electron chi connectivity index (χ0n) is 10.3. The zero-order chi connectivity index (χ0) is 11.9. The maximum atomic E-state index is 2.31. The third-order valence-electron chi connectivity index (χ3n) is 2.67. The van der Waals surface area contributed by atoms with Gasteiger partial charge in [0.25, 0.3) is 0 Å². The van der Waals surface area contributed by atoms with Gasteiger partial charge in [-0.05, 0) is 30.7 Å². The Morgan fingerprint density at radius 3 is 1.65 bits per heavy atom. The monoisotopic (exact) mass is 338 g/mol. The SMILES string of the molecule is CCCC[I+](c1ccccc1)c1ccccc1. The van der Waals surface area contributed by atoms with E-state index in [-0.39, 0.29) is 0 Å². The van der Waals surface area contributed by atoms with E-state index in [1.807, 2.05) is 0 Å². The van der Waals surface area contributed by atoms with E-state index < -0.39 is 19.8 Å². The van der Waals surface area contributed by atoms with E-state index in [1.54, 1.807) is 7.14 Å². The van der Waals surface area contributed by atoms with E-state index in [9.17, 15) is 0 Å². The summed E-state index contributed by atoms with van der Waals surface area (Å²) in [5, 5.41) is 0. The van der Waals surface area contributed by atoms with E-state index in [2.05, 4.69) is 67.6 Å². The van der Waals surface area contributed by atoms with Gasteiger partial charge in [0.2, 0.25) is 0 Å². The molecular formula is C16H19I+. The second-order valence-corrected chi connectivity index (χ2v) is 9.63. The predicted molar refractivity (Wildman–Crippen MR) is 70.1 cm³/mol. The number of unbranched alkanes of at least 4 members (excludes halogenated alkanes) is 1. The van der Waals surface area contributed by atoms with Gasteiger partial charge in [0.15, 0.2) is 7.14 Å². The molecule has 0 amide bonds. The number of hydrogen-bond donors (Lipinski definition) is 0. The van der Waals surface area contributed by atoms with E-state index >= 15 is 0 Å². The molecule has 2 aromatic rings. The van der Waals surface area contributed by atoms with Gasteiger partial charge in [0.05, 0.1) is 0 Å². The van der Waals surface area contributed by atoms with Crippen molar-refractivity contribution in [2.75, 3.05) is 4.43 Å². The van der Waals surface area contributed by atoms with Crippen molar-refractivity contribution in [1.82, 2.24) is 0 Å². The molecule has 0 saturated carbocycles. The first kappa shape index (κ1) is 12.6. The highest BCUT2D eigenvalue weighted by atomic mass is 127. The minimum atomic E-state index is -1.16. The molecule has 0 heterocycles. The molecule has 2 rings (SSSR count). The van der Waals surface area contributed by atoms with Crippen LogP contribution in [0.5, 0.6) is 0 Å². The lowest BCUT2D eigenvalue weighted by molar-refractivity contribution is -0.855. The first-order valence-electron chi connectivity index (χ1n) is 6.17. The van der Waals surface area contributed by atoms with Crippen LogP contribution in [-0.4, -0.2) is 4.43 Å². The summed E-state index contributed by atoms with van der Waals surface area (Å²) in [4.78, 5) is 0. The van der Waals surface area contributed by atoms with Crippen molar-refractivity contribution >= 4 is 0 Å². The lowest BCUT2D eigenvalue weighted by atomic mass is 10.4. The van der Waals surface area contributed by atoms with Gasteiger partial charge >= 0.3 is 0 Å². The molecule has 0 atom stereocenters. The maximum absolute atomic E-state index is 2.31. The quantitative estimate of drug-likeness (QED) is 0.567. The van der Waals surface area contributed by atoms with Crippen molar-refractivity contribution in [3.05, 3.63) is 67.8 Å². The average Bonchev–Trinajstić information content (AvgIpc) is 2.42. The van der Waals surface area contributed by atoms with Gasteiger partial charge in [-0.25, -0.2) is 0 Å². The van der Waals surface area contributed by atoms with Crippen molar-refractivity contribution in [1.29, 1.82) is 0 Å². The summed E-state index contributed by atoms with van der Waals surface area (Å²) in [6, 6.07) is 22.2. The van der Waals surface area contributed by atoms with E-state index in [0.717, 1.165) is 0 Å². The Kier molecular flexibility index (Phi) is 5.05. The highest BCUT2D eigenvalue weighted by molar-refractivity contribution is 5.03. The molecule has 0 N–H and O–H groups in total. The van der Waals surface area contributed by atoms with Gasteiger partial charge in [0.1, 0.15) is 24.2 Å². The molecule has 0 aromatic heterocycles. The van der Waals surface area contributed by atoms with Crippen molar-refractivity contribution in [2.24, 2.45) is 0 Å². The van der Waals surface area contributed by atoms with E-state index in [0.29, 0.717) is 0 Å². The normalized spacial score (nSPS) is 10.7. The molecule has 89 valence electrons. The molecule has 0 aliphatic rings. The Balaban J connectivity index is 2.26.